The maximum Gasteiger partial charge on any atom is 0.0905 e. The van der Waals surface area contributed by atoms with Gasteiger partial charge in [0.25, 0.3) is 0 Å². The predicted molar refractivity (Wildman–Crippen MR) is 60.6 cm³/mol. The van der Waals surface area contributed by atoms with Gasteiger partial charge in [0.05, 0.1) is 11.9 Å². The molecule has 1 atom stereocenters. The minimum absolute atomic E-state index is 0.278. The van der Waals surface area contributed by atoms with Crippen molar-refractivity contribution < 1.29 is 4.74 Å². The summed E-state index contributed by atoms with van der Waals surface area (Å²) in [7, 11) is 0. The van der Waals surface area contributed by atoms with E-state index in [4.69, 9.17) is 15.9 Å². The highest BCUT2D eigenvalue weighted by Crippen LogP contribution is 2.08. The van der Waals surface area contributed by atoms with Gasteiger partial charge in [-0.05, 0) is 32.1 Å². The topological polar surface area (TPSA) is 59.1 Å². The number of rotatable bonds is 8. The smallest absolute Gasteiger partial charge is 0.0905 e. The molecule has 0 saturated heterocycles. The largest absolute Gasteiger partial charge is 0.388 e. The molecule has 0 aromatic rings. The summed E-state index contributed by atoms with van der Waals surface area (Å²) in [4.78, 5) is 0. The average molecular weight is 200 g/mol. The van der Waals surface area contributed by atoms with Crippen LogP contribution in [-0.2, 0) is 4.74 Å². The van der Waals surface area contributed by atoms with E-state index in [9.17, 15) is 0 Å². The second-order valence-corrected chi connectivity index (χ2v) is 4.29. The van der Waals surface area contributed by atoms with E-state index >= 15 is 0 Å². The van der Waals surface area contributed by atoms with Crippen LogP contribution in [0.1, 0.15) is 46.5 Å². The Kier molecular flexibility index (Phi) is 7.48. The summed E-state index contributed by atoms with van der Waals surface area (Å²) >= 11 is 0. The van der Waals surface area contributed by atoms with Crippen LogP contribution in [0.3, 0.4) is 0 Å². The van der Waals surface area contributed by atoms with Crippen LogP contribution in [-0.4, -0.2) is 18.5 Å². The van der Waals surface area contributed by atoms with E-state index in [2.05, 4.69) is 20.8 Å². The molecule has 0 bridgehead atoms. The van der Waals surface area contributed by atoms with Gasteiger partial charge in [0.15, 0.2) is 0 Å². The number of nitrogens with two attached hydrogens (primary N) is 1. The molecule has 0 aliphatic rings. The number of hydrogen-bond acceptors (Lipinski definition) is 2. The van der Waals surface area contributed by atoms with Gasteiger partial charge >= 0.3 is 0 Å². The molecular formula is C11H24N2O. The maximum atomic E-state index is 7.04. The Labute approximate surface area is 87.5 Å². The quantitative estimate of drug-likeness (QED) is 0.359. The van der Waals surface area contributed by atoms with Crippen LogP contribution in [0.4, 0.5) is 0 Å². The van der Waals surface area contributed by atoms with Crippen molar-refractivity contribution in [2.75, 3.05) is 6.61 Å². The monoisotopic (exact) mass is 200 g/mol. The average Bonchev–Trinajstić information content (AvgIpc) is 2.01. The van der Waals surface area contributed by atoms with Crippen molar-refractivity contribution in [2.24, 2.45) is 11.7 Å². The Morgan fingerprint density at radius 2 is 1.93 bits per heavy atom. The number of unbranched alkanes of at least 4 members (excludes halogenated alkanes) is 1. The number of amidine groups is 1. The van der Waals surface area contributed by atoms with Crippen molar-refractivity contribution in [3.63, 3.8) is 0 Å². The molecule has 0 rings (SSSR count). The normalized spacial score (nSPS) is 13.1. The Balaban J connectivity index is 3.23. The fourth-order valence-corrected chi connectivity index (χ4v) is 1.43. The Hall–Kier alpha value is -0.570. The zero-order chi connectivity index (χ0) is 11.0. The first kappa shape index (κ1) is 13.4. The molecule has 3 nitrogen and oxygen atoms in total. The third-order valence-electron chi connectivity index (χ3n) is 2.05. The molecule has 1 unspecified atom stereocenters. The van der Waals surface area contributed by atoms with E-state index in [0.717, 1.165) is 25.9 Å². The van der Waals surface area contributed by atoms with E-state index in [1.165, 1.54) is 0 Å². The molecule has 0 aromatic heterocycles. The van der Waals surface area contributed by atoms with Gasteiger partial charge in [-0.15, -0.1) is 0 Å². The van der Waals surface area contributed by atoms with Gasteiger partial charge in [-0.1, -0.05) is 13.8 Å². The molecule has 84 valence electrons. The van der Waals surface area contributed by atoms with Crippen molar-refractivity contribution in [1.82, 2.24) is 0 Å². The van der Waals surface area contributed by atoms with Crippen LogP contribution in [0.5, 0.6) is 0 Å². The summed E-state index contributed by atoms with van der Waals surface area (Å²) in [5.74, 6) is 0.974. The number of hydrogen-bond donors (Lipinski definition) is 2. The SMILES string of the molecule is CC(C)CC(C)OCCCCC(=N)N. The van der Waals surface area contributed by atoms with Crippen LogP contribution in [0.2, 0.25) is 0 Å². The van der Waals surface area contributed by atoms with Crippen LogP contribution >= 0.6 is 0 Å². The van der Waals surface area contributed by atoms with E-state index in [-0.39, 0.29) is 5.84 Å². The third-order valence-corrected chi connectivity index (χ3v) is 2.05. The summed E-state index contributed by atoms with van der Waals surface area (Å²) in [6.07, 6.45) is 4.13. The standard InChI is InChI=1S/C11H24N2O/c1-9(2)8-10(3)14-7-5-4-6-11(12)13/h9-10H,4-8H2,1-3H3,(H3,12,13). The summed E-state index contributed by atoms with van der Waals surface area (Å²) in [5, 5.41) is 7.04. The molecular weight excluding hydrogens is 176 g/mol. The fourth-order valence-electron chi connectivity index (χ4n) is 1.43. The second-order valence-electron chi connectivity index (χ2n) is 4.29. The first-order valence-corrected chi connectivity index (χ1v) is 5.47. The van der Waals surface area contributed by atoms with E-state index in [1.54, 1.807) is 0 Å². The van der Waals surface area contributed by atoms with Crippen LogP contribution in [0, 0.1) is 11.3 Å². The van der Waals surface area contributed by atoms with Gasteiger partial charge in [0, 0.05) is 13.0 Å². The van der Waals surface area contributed by atoms with Crippen LogP contribution in [0.15, 0.2) is 0 Å². The zero-order valence-corrected chi connectivity index (χ0v) is 9.68. The van der Waals surface area contributed by atoms with E-state index < -0.39 is 0 Å². The lowest BCUT2D eigenvalue weighted by Crippen LogP contribution is -2.13. The Morgan fingerprint density at radius 3 is 2.43 bits per heavy atom. The minimum Gasteiger partial charge on any atom is -0.388 e. The lowest BCUT2D eigenvalue weighted by Gasteiger charge is -2.14. The summed E-state index contributed by atoms with van der Waals surface area (Å²) < 4.78 is 5.62. The van der Waals surface area contributed by atoms with Gasteiger partial charge in [0.1, 0.15) is 0 Å². The molecule has 0 saturated carbocycles. The van der Waals surface area contributed by atoms with E-state index in [0.29, 0.717) is 18.4 Å². The summed E-state index contributed by atoms with van der Waals surface area (Å²) in [5.41, 5.74) is 5.24. The summed E-state index contributed by atoms with van der Waals surface area (Å²) in [6.45, 7) is 7.32. The molecule has 0 fully saturated rings. The summed E-state index contributed by atoms with van der Waals surface area (Å²) in [6, 6.07) is 0. The molecule has 3 heteroatoms. The van der Waals surface area contributed by atoms with E-state index in [1.807, 2.05) is 0 Å². The molecule has 0 radical (unpaired) electrons. The molecule has 0 spiro atoms. The van der Waals surface area contributed by atoms with Crippen molar-refractivity contribution in [3.8, 4) is 0 Å². The molecule has 3 N–H and O–H groups in total. The lowest BCUT2D eigenvalue weighted by atomic mass is 10.1. The molecule has 0 heterocycles. The Morgan fingerprint density at radius 1 is 1.29 bits per heavy atom. The lowest BCUT2D eigenvalue weighted by molar-refractivity contribution is 0.0499. The second kappa shape index (κ2) is 7.80. The molecule has 0 aromatic carbocycles. The highest BCUT2D eigenvalue weighted by atomic mass is 16.5. The van der Waals surface area contributed by atoms with Crippen molar-refractivity contribution in [3.05, 3.63) is 0 Å². The first-order chi connectivity index (χ1) is 6.52. The van der Waals surface area contributed by atoms with Gasteiger partial charge in [-0.25, -0.2) is 0 Å². The van der Waals surface area contributed by atoms with Crippen molar-refractivity contribution in [2.45, 2.75) is 52.6 Å². The van der Waals surface area contributed by atoms with Gasteiger partial charge in [0.2, 0.25) is 0 Å². The molecule has 0 aliphatic carbocycles. The highest BCUT2D eigenvalue weighted by molar-refractivity contribution is 5.76. The van der Waals surface area contributed by atoms with Crippen molar-refractivity contribution in [1.29, 1.82) is 5.41 Å². The van der Waals surface area contributed by atoms with Crippen LogP contribution < -0.4 is 5.73 Å². The number of ether oxygens (including phenoxy) is 1. The minimum atomic E-state index is 0.278. The maximum absolute atomic E-state index is 7.04. The van der Waals surface area contributed by atoms with Gasteiger partial charge in [-0.3, -0.25) is 5.41 Å². The highest BCUT2D eigenvalue weighted by Gasteiger charge is 2.04. The fraction of sp³-hybridized carbons (Fsp3) is 0.909. The van der Waals surface area contributed by atoms with Gasteiger partial charge < -0.3 is 10.5 Å². The van der Waals surface area contributed by atoms with Crippen LogP contribution in [0.25, 0.3) is 0 Å². The Bertz CT molecular complexity index is 157. The number of nitrogens with one attached hydrogen (secondary N) is 1. The third kappa shape index (κ3) is 9.52. The predicted octanol–water partition coefficient (Wildman–Crippen LogP) is 2.54. The van der Waals surface area contributed by atoms with Gasteiger partial charge in [-0.2, -0.15) is 0 Å². The van der Waals surface area contributed by atoms with Crippen molar-refractivity contribution >= 4 is 5.84 Å². The zero-order valence-electron chi connectivity index (χ0n) is 9.68. The molecule has 14 heavy (non-hydrogen) atoms. The first-order valence-electron chi connectivity index (χ1n) is 5.47. The molecule has 0 aliphatic heterocycles. The molecule has 0 amide bonds.